The number of benzene rings is 2. The van der Waals surface area contributed by atoms with Gasteiger partial charge in [-0.25, -0.2) is 0 Å². The highest BCUT2D eigenvalue weighted by atomic mass is 16.3. The fourth-order valence-corrected chi connectivity index (χ4v) is 2.89. The number of carbonyl (C=O) groups is 1. The zero-order chi connectivity index (χ0) is 20.2. The monoisotopic (exact) mass is 362 g/mol. The molecule has 2 rings (SSSR count). The van der Waals surface area contributed by atoms with Crippen molar-refractivity contribution in [1.82, 2.24) is 0 Å². The van der Waals surface area contributed by atoms with Crippen LogP contribution in [0.1, 0.15) is 68.6 Å². The van der Waals surface area contributed by atoms with Gasteiger partial charge in [0.15, 0.2) is 5.78 Å². The number of phenols is 1. The second-order valence-corrected chi connectivity index (χ2v) is 8.91. The van der Waals surface area contributed by atoms with Gasteiger partial charge in [0.1, 0.15) is 5.75 Å². The number of ketones is 1. The molecule has 0 bridgehead atoms. The van der Waals surface area contributed by atoms with Crippen molar-refractivity contribution in [2.45, 2.75) is 52.4 Å². The van der Waals surface area contributed by atoms with E-state index in [0.717, 1.165) is 16.7 Å². The summed E-state index contributed by atoms with van der Waals surface area (Å²) in [5.41, 5.74) is 2.78. The summed E-state index contributed by atoms with van der Waals surface area (Å²) in [4.78, 5) is 12.7. The first kappa shape index (κ1) is 20.7. The Bertz CT molecular complexity index is 822. The van der Waals surface area contributed by atoms with E-state index in [0.29, 0.717) is 11.3 Å². The van der Waals surface area contributed by atoms with Gasteiger partial charge in [-0.1, -0.05) is 90.1 Å². The van der Waals surface area contributed by atoms with Gasteiger partial charge >= 0.3 is 0 Å². The molecule has 0 atom stereocenters. The van der Waals surface area contributed by atoms with Crippen molar-refractivity contribution in [3.05, 3.63) is 82.9 Å². The van der Waals surface area contributed by atoms with Gasteiger partial charge < -0.3 is 5.11 Å². The molecule has 0 amide bonds. The normalized spacial score (nSPS) is 12.8. The van der Waals surface area contributed by atoms with Crippen LogP contribution < -0.4 is 0 Å². The zero-order valence-electron chi connectivity index (χ0n) is 17.2. The summed E-state index contributed by atoms with van der Waals surface area (Å²) in [6, 6.07) is 13.6. The zero-order valence-corrected chi connectivity index (χ0v) is 17.2. The fourth-order valence-electron chi connectivity index (χ4n) is 2.89. The maximum Gasteiger partial charge on any atom is 0.185 e. The summed E-state index contributed by atoms with van der Waals surface area (Å²) in [5, 5.41) is 10.8. The van der Waals surface area contributed by atoms with E-state index in [-0.39, 0.29) is 16.6 Å². The molecule has 0 aliphatic carbocycles. The first-order valence-corrected chi connectivity index (χ1v) is 9.32. The predicted molar refractivity (Wildman–Crippen MR) is 114 cm³/mol. The molecule has 2 aromatic carbocycles. The van der Waals surface area contributed by atoms with Gasteiger partial charge in [0.25, 0.3) is 0 Å². The molecule has 0 spiro atoms. The molecule has 2 aromatic rings. The number of aromatic hydroxyl groups is 1. The van der Waals surface area contributed by atoms with E-state index in [9.17, 15) is 9.90 Å². The quantitative estimate of drug-likeness (QED) is 0.386. The predicted octanol–water partition coefficient (Wildman–Crippen LogP) is 6.44. The van der Waals surface area contributed by atoms with E-state index in [4.69, 9.17) is 0 Å². The highest BCUT2D eigenvalue weighted by Gasteiger charge is 2.27. The van der Waals surface area contributed by atoms with Crippen molar-refractivity contribution in [2.75, 3.05) is 0 Å². The van der Waals surface area contributed by atoms with Crippen LogP contribution in [0.4, 0.5) is 0 Å². The van der Waals surface area contributed by atoms with E-state index in [1.807, 2.05) is 96.2 Å². The lowest BCUT2D eigenvalue weighted by atomic mass is 9.78. The highest BCUT2D eigenvalue weighted by Crippen LogP contribution is 2.39. The number of allylic oxidation sites excluding steroid dienone is 3. The summed E-state index contributed by atoms with van der Waals surface area (Å²) in [6.07, 6.45) is 7.16. The first-order valence-electron chi connectivity index (χ1n) is 9.32. The van der Waals surface area contributed by atoms with Crippen molar-refractivity contribution in [2.24, 2.45) is 0 Å². The Morgan fingerprint density at radius 3 is 1.85 bits per heavy atom. The third kappa shape index (κ3) is 5.43. The van der Waals surface area contributed by atoms with Crippen LogP contribution in [-0.4, -0.2) is 10.9 Å². The van der Waals surface area contributed by atoms with E-state index in [1.165, 1.54) is 0 Å². The maximum absolute atomic E-state index is 12.7. The van der Waals surface area contributed by atoms with Crippen LogP contribution in [0.5, 0.6) is 5.75 Å². The average molecular weight is 363 g/mol. The molecule has 142 valence electrons. The summed E-state index contributed by atoms with van der Waals surface area (Å²) in [7, 11) is 0. The molecule has 27 heavy (non-hydrogen) atoms. The van der Waals surface area contributed by atoms with Crippen LogP contribution in [0, 0.1) is 0 Å². The Labute approximate surface area is 163 Å². The van der Waals surface area contributed by atoms with Crippen LogP contribution in [-0.2, 0) is 10.8 Å². The van der Waals surface area contributed by atoms with Crippen LogP contribution >= 0.6 is 0 Å². The van der Waals surface area contributed by atoms with E-state index >= 15 is 0 Å². The van der Waals surface area contributed by atoms with E-state index in [1.54, 1.807) is 12.2 Å². The minimum absolute atomic E-state index is 0.0660. The van der Waals surface area contributed by atoms with Crippen molar-refractivity contribution in [3.63, 3.8) is 0 Å². The summed E-state index contributed by atoms with van der Waals surface area (Å²) >= 11 is 0. The number of rotatable bonds is 4. The lowest BCUT2D eigenvalue weighted by Gasteiger charge is -2.27. The number of hydrogen-bond donors (Lipinski definition) is 1. The maximum atomic E-state index is 12.7. The molecule has 0 aliphatic rings. The van der Waals surface area contributed by atoms with Gasteiger partial charge in [0.05, 0.1) is 0 Å². The standard InChI is InChI=1S/C25H30O2/c1-24(2,3)20-16-19(17-21(23(20)27)25(4,5)6)22(26)15-11-10-14-18-12-8-7-9-13-18/h7-17,27H,1-6H3/b14-10+,15-11+. The SMILES string of the molecule is CC(C)(C)c1cc(C(=O)/C=C/C=C/c2ccccc2)cc(C(C)(C)C)c1O. The molecular formula is C25H30O2. The van der Waals surface area contributed by atoms with E-state index < -0.39 is 0 Å². The fraction of sp³-hybridized carbons (Fsp3) is 0.320. The molecule has 0 fully saturated rings. The van der Waals surface area contributed by atoms with Crippen LogP contribution in [0.2, 0.25) is 0 Å². The van der Waals surface area contributed by atoms with Gasteiger partial charge in [0.2, 0.25) is 0 Å². The van der Waals surface area contributed by atoms with Crippen molar-refractivity contribution in [3.8, 4) is 5.75 Å². The second-order valence-electron chi connectivity index (χ2n) is 8.91. The van der Waals surface area contributed by atoms with Gasteiger partial charge in [-0.15, -0.1) is 0 Å². The molecule has 1 N–H and O–H groups in total. The van der Waals surface area contributed by atoms with Crippen LogP contribution in [0.3, 0.4) is 0 Å². The Morgan fingerprint density at radius 1 is 0.852 bits per heavy atom. The molecule has 2 nitrogen and oxygen atoms in total. The minimum atomic E-state index is -0.253. The Kier molecular flexibility index (Phi) is 6.10. The molecular weight excluding hydrogens is 332 g/mol. The molecule has 0 saturated carbocycles. The number of phenolic OH excluding ortho intramolecular Hbond substituents is 1. The van der Waals surface area contributed by atoms with E-state index in [2.05, 4.69) is 0 Å². The van der Waals surface area contributed by atoms with Crippen molar-refractivity contribution >= 4 is 11.9 Å². The number of carbonyl (C=O) groups excluding carboxylic acids is 1. The molecule has 0 unspecified atom stereocenters. The van der Waals surface area contributed by atoms with Crippen molar-refractivity contribution in [1.29, 1.82) is 0 Å². The number of hydrogen-bond acceptors (Lipinski definition) is 2. The average Bonchev–Trinajstić information content (AvgIpc) is 2.57. The highest BCUT2D eigenvalue weighted by molar-refractivity contribution is 6.05. The summed E-state index contributed by atoms with van der Waals surface area (Å²) < 4.78 is 0. The van der Waals surface area contributed by atoms with Crippen LogP contribution in [0.15, 0.2) is 60.7 Å². The first-order chi connectivity index (χ1) is 12.5. The van der Waals surface area contributed by atoms with Gasteiger partial charge in [-0.2, -0.15) is 0 Å². The van der Waals surface area contributed by atoms with Crippen LogP contribution in [0.25, 0.3) is 6.08 Å². The second kappa shape index (κ2) is 7.96. The minimum Gasteiger partial charge on any atom is -0.507 e. The Morgan fingerprint density at radius 2 is 1.37 bits per heavy atom. The Balaban J connectivity index is 2.35. The molecule has 0 saturated heterocycles. The molecule has 0 aliphatic heterocycles. The molecule has 0 heterocycles. The largest absolute Gasteiger partial charge is 0.507 e. The Hall–Kier alpha value is -2.61. The lowest BCUT2D eigenvalue weighted by molar-refractivity contribution is 0.104. The van der Waals surface area contributed by atoms with Gasteiger partial charge in [0, 0.05) is 16.7 Å². The third-order valence-corrected chi connectivity index (χ3v) is 4.46. The summed E-state index contributed by atoms with van der Waals surface area (Å²) in [5.74, 6) is 0.225. The van der Waals surface area contributed by atoms with Gasteiger partial charge in [-0.05, 0) is 34.6 Å². The van der Waals surface area contributed by atoms with Crippen molar-refractivity contribution < 1.29 is 9.90 Å². The topological polar surface area (TPSA) is 37.3 Å². The molecule has 2 heteroatoms. The van der Waals surface area contributed by atoms with Gasteiger partial charge in [-0.3, -0.25) is 4.79 Å². The summed E-state index contributed by atoms with van der Waals surface area (Å²) in [6.45, 7) is 12.3. The molecule has 0 aromatic heterocycles. The smallest absolute Gasteiger partial charge is 0.185 e. The lowest BCUT2D eigenvalue weighted by Crippen LogP contribution is -2.18. The molecule has 0 radical (unpaired) electrons. The third-order valence-electron chi connectivity index (χ3n) is 4.46.